The molecular weight excluding hydrogens is 410 g/mol. The van der Waals surface area contributed by atoms with Crippen LogP contribution >= 0.6 is 0 Å². The molecule has 2 aromatic carbocycles. The Morgan fingerprint density at radius 2 is 1.53 bits per heavy atom. The Kier molecular flexibility index (Phi) is 7.41. The van der Waals surface area contributed by atoms with E-state index in [4.69, 9.17) is 23.7 Å². The Labute approximate surface area is 188 Å². The fourth-order valence-corrected chi connectivity index (χ4v) is 2.90. The van der Waals surface area contributed by atoms with E-state index in [-0.39, 0.29) is 0 Å². The highest BCUT2D eigenvalue weighted by Gasteiger charge is 2.29. The van der Waals surface area contributed by atoms with E-state index in [2.05, 4.69) is 11.9 Å². The predicted octanol–water partition coefficient (Wildman–Crippen LogP) is 5.30. The highest BCUT2D eigenvalue weighted by molar-refractivity contribution is 5.76. The van der Waals surface area contributed by atoms with Crippen molar-refractivity contribution in [2.24, 2.45) is 0 Å². The number of aromatic nitrogens is 1. The topological polar surface area (TPSA) is 91.0 Å². The van der Waals surface area contributed by atoms with Gasteiger partial charge in [0.2, 0.25) is 5.89 Å². The molecule has 1 N–H and O–H groups in total. The largest absolute Gasteiger partial charge is 0.494 e. The lowest BCUT2D eigenvalue weighted by atomic mass is 10.1. The van der Waals surface area contributed by atoms with Crippen molar-refractivity contribution in [2.75, 3.05) is 13.2 Å². The number of carboxylic acid groups (broad SMARTS) is 1. The van der Waals surface area contributed by atoms with Crippen molar-refractivity contribution in [1.82, 2.24) is 4.98 Å². The van der Waals surface area contributed by atoms with Gasteiger partial charge in [0.1, 0.15) is 23.0 Å². The molecule has 0 aliphatic rings. The average Bonchev–Trinajstić information content (AvgIpc) is 3.14. The molecule has 32 heavy (non-hydrogen) atoms. The number of oxazole rings is 1. The summed E-state index contributed by atoms with van der Waals surface area (Å²) in [4.78, 5) is 15.8. The third-order valence-corrected chi connectivity index (χ3v) is 4.79. The van der Waals surface area contributed by atoms with Crippen LogP contribution in [0.3, 0.4) is 0 Å². The smallest absolute Gasteiger partial charge is 0.347 e. The zero-order chi connectivity index (χ0) is 23.1. The number of carboxylic acids is 1. The molecule has 7 nitrogen and oxygen atoms in total. The molecule has 0 saturated carbocycles. The first kappa shape index (κ1) is 23.2. The second-order valence-corrected chi connectivity index (χ2v) is 7.88. The summed E-state index contributed by atoms with van der Waals surface area (Å²) in [5.74, 6) is 2.26. The van der Waals surface area contributed by atoms with Crippen molar-refractivity contribution >= 4 is 5.97 Å². The lowest BCUT2D eigenvalue weighted by Crippen LogP contribution is -2.37. The van der Waals surface area contributed by atoms with Crippen molar-refractivity contribution in [3.05, 3.63) is 60.0 Å². The van der Waals surface area contributed by atoms with Crippen LogP contribution in [0, 0.1) is 6.92 Å². The second-order valence-electron chi connectivity index (χ2n) is 7.88. The zero-order valence-electron chi connectivity index (χ0n) is 18.9. The molecular formula is C25H29NO6. The minimum absolute atomic E-state index is 0.428. The minimum atomic E-state index is -1.30. The molecule has 0 saturated heterocycles. The van der Waals surface area contributed by atoms with Gasteiger partial charge in [-0.3, -0.25) is 0 Å². The summed E-state index contributed by atoms with van der Waals surface area (Å²) in [5, 5.41) is 9.15. The normalized spacial score (nSPS) is 11.2. The maximum absolute atomic E-state index is 11.2. The maximum Gasteiger partial charge on any atom is 0.347 e. The number of hydrogen-bond acceptors (Lipinski definition) is 6. The molecule has 3 aromatic rings. The Balaban J connectivity index is 1.54. The molecule has 1 heterocycles. The lowest BCUT2D eigenvalue weighted by molar-refractivity contribution is -0.152. The van der Waals surface area contributed by atoms with Gasteiger partial charge in [0, 0.05) is 12.0 Å². The molecule has 0 aliphatic carbocycles. The maximum atomic E-state index is 11.2. The molecule has 7 heteroatoms. The zero-order valence-corrected chi connectivity index (χ0v) is 18.9. The summed E-state index contributed by atoms with van der Waals surface area (Å²) in [5.41, 5.74) is 0.436. The highest BCUT2D eigenvalue weighted by Crippen LogP contribution is 2.25. The first-order chi connectivity index (χ1) is 15.3. The van der Waals surface area contributed by atoms with E-state index in [9.17, 15) is 4.79 Å². The summed E-state index contributed by atoms with van der Waals surface area (Å²) < 4.78 is 22.7. The SMILES string of the molecule is CCCOc1ccc(-c2nc(CCOc3ccc(OC(C)(C)C(=O)O)cc3)c(C)o2)cc1. The van der Waals surface area contributed by atoms with Crippen molar-refractivity contribution in [3.8, 4) is 28.7 Å². The number of aryl methyl sites for hydroxylation is 1. The number of nitrogens with zero attached hydrogens (tertiary/aromatic N) is 1. The van der Waals surface area contributed by atoms with Crippen molar-refractivity contribution in [2.45, 2.75) is 46.1 Å². The third-order valence-electron chi connectivity index (χ3n) is 4.79. The van der Waals surface area contributed by atoms with Crippen molar-refractivity contribution in [1.29, 1.82) is 0 Å². The fourth-order valence-electron chi connectivity index (χ4n) is 2.90. The van der Waals surface area contributed by atoms with Crippen LogP contribution in [0.4, 0.5) is 0 Å². The van der Waals surface area contributed by atoms with Crippen molar-refractivity contribution < 1.29 is 28.5 Å². The van der Waals surface area contributed by atoms with Gasteiger partial charge in [-0.15, -0.1) is 0 Å². The molecule has 1 aromatic heterocycles. The van der Waals surface area contributed by atoms with E-state index in [0.717, 1.165) is 29.2 Å². The van der Waals surface area contributed by atoms with Crippen LogP contribution in [0.1, 0.15) is 38.6 Å². The van der Waals surface area contributed by atoms with Gasteiger partial charge in [0.25, 0.3) is 0 Å². The van der Waals surface area contributed by atoms with Crippen LogP contribution < -0.4 is 14.2 Å². The van der Waals surface area contributed by atoms with Gasteiger partial charge in [-0.25, -0.2) is 9.78 Å². The van der Waals surface area contributed by atoms with Crippen LogP contribution in [0.2, 0.25) is 0 Å². The average molecular weight is 440 g/mol. The molecule has 3 rings (SSSR count). The van der Waals surface area contributed by atoms with Crippen LogP contribution in [0.15, 0.2) is 52.9 Å². The second kappa shape index (κ2) is 10.2. The number of ether oxygens (including phenoxy) is 3. The number of aliphatic carboxylic acids is 1. The Morgan fingerprint density at radius 3 is 2.12 bits per heavy atom. The van der Waals surface area contributed by atoms with Crippen LogP contribution in [0.5, 0.6) is 17.2 Å². The fraction of sp³-hybridized carbons (Fsp3) is 0.360. The van der Waals surface area contributed by atoms with Gasteiger partial charge in [0.05, 0.1) is 18.9 Å². The van der Waals surface area contributed by atoms with E-state index in [1.165, 1.54) is 13.8 Å². The first-order valence-electron chi connectivity index (χ1n) is 10.6. The molecule has 0 radical (unpaired) electrons. The highest BCUT2D eigenvalue weighted by atomic mass is 16.5. The minimum Gasteiger partial charge on any atom is -0.494 e. The lowest BCUT2D eigenvalue weighted by Gasteiger charge is -2.21. The molecule has 0 aliphatic heterocycles. The Bertz CT molecular complexity index is 1020. The number of benzene rings is 2. The van der Waals surface area contributed by atoms with E-state index in [1.54, 1.807) is 24.3 Å². The predicted molar refractivity (Wildman–Crippen MR) is 120 cm³/mol. The molecule has 170 valence electrons. The summed E-state index contributed by atoms with van der Waals surface area (Å²) >= 11 is 0. The van der Waals surface area contributed by atoms with Crippen LogP contribution in [-0.4, -0.2) is 34.9 Å². The quantitative estimate of drug-likeness (QED) is 0.433. The monoisotopic (exact) mass is 439 g/mol. The number of rotatable bonds is 11. The molecule has 0 amide bonds. The van der Waals surface area contributed by atoms with E-state index < -0.39 is 11.6 Å². The number of carbonyl (C=O) groups is 1. The summed E-state index contributed by atoms with van der Waals surface area (Å²) in [6.07, 6.45) is 1.56. The molecule has 0 bridgehead atoms. The first-order valence-corrected chi connectivity index (χ1v) is 10.6. The van der Waals surface area contributed by atoms with Gasteiger partial charge < -0.3 is 23.7 Å². The molecule has 0 fully saturated rings. The molecule has 0 spiro atoms. The van der Waals surface area contributed by atoms with E-state index >= 15 is 0 Å². The summed E-state index contributed by atoms with van der Waals surface area (Å²) in [6.45, 7) is 8.09. The summed E-state index contributed by atoms with van der Waals surface area (Å²) in [6, 6.07) is 14.6. The standard InChI is InChI=1S/C25H29NO6/c1-5-15-29-19-8-6-18(7-9-19)23-26-22(17(2)31-23)14-16-30-20-10-12-21(13-11-20)32-25(3,4)24(27)28/h6-13H,5,14-16H2,1-4H3,(H,27,28). The Morgan fingerprint density at radius 1 is 0.969 bits per heavy atom. The Hall–Kier alpha value is -3.48. The molecule has 0 atom stereocenters. The van der Waals surface area contributed by atoms with Crippen LogP contribution in [0.25, 0.3) is 11.5 Å². The van der Waals surface area contributed by atoms with Gasteiger partial charge in [-0.05, 0) is 75.7 Å². The van der Waals surface area contributed by atoms with Crippen molar-refractivity contribution in [3.63, 3.8) is 0 Å². The van der Waals surface area contributed by atoms with E-state index in [1.807, 2.05) is 31.2 Å². The van der Waals surface area contributed by atoms with Gasteiger partial charge in [0.15, 0.2) is 5.60 Å². The van der Waals surface area contributed by atoms with Gasteiger partial charge in [-0.2, -0.15) is 0 Å². The van der Waals surface area contributed by atoms with Gasteiger partial charge >= 0.3 is 5.97 Å². The third kappa shape index (κ3) is 6.03. The van der Waals surface area contributed by atoms with E-state index in [0.29, 0.717) is 37.0 Å². The summed E-state index contributed by atoms with van der Waals surface area (Å²) in [7, 11) is 0. The number of hydrogen-bond donors (Lipinski definition) is 1. The van der Waals surface area contributed by atoms with Gasteiger partial charge in [-0.1, -0.05) is 6.92 Å². The molecule has 0 unspecified atom stereocenters. The van der Waals surface area contributed by atoms with Crippen LogP contribution in [-0.2, 0) is 11.2 Å².